The zero-order valence-electron chi connectivity index (χ0n) is 43.7. The van der Waals surface area contributed by atoms with Gasteiger partial charge in [0.1, 0.15) is 0 Å². The Morgan fingerprint density at radius 2 is 0.742 bits per heavy atom. The molecule has 6 heterocycles. The van der Waals surface area contributed by atoms with E-state index in [0.29, 0.717) is 34.7 Å². The number of carbonyl (C=O) groups excluding carboxylic acids is 4. The summed E-state index contributed by atoms with van der Waals surface area (Å²) in [5.74, 6) is -0.519. The fourth-order valence-corrected chi connectivity index (χ4v) is 6.38. The molecule has 0 unspecified atom stereocenters. The van der Waals surface area contributed by atoms with Crippen molar-refractivity contribution in [2.45, 2.75) is 206 Å². The van der Waals surface area contributed by atoms with Gasteiger partial charge in [-0.15, -0.1) is 0 Å². The van der Waals surface area contributed by atoms with Crippen molar-refractivity contribution in [2.24, 2.45) is 10.8 Å². The van der Waals surface area contributed by atoms with E-state index in [4.69, 9.17) is 9.47 Å². The topological polar surface area (TPSA) is 99.7 Å². The molecule has 0 spiro atoms. The fourth-order valence-electron chi connectivity index (χ4n) is 5.92. The van der Waals surface area contributed by atoms with Gasteiger partial charge in [0.15, 0.2) is 0 Å². The Bertz CT molecular complexity index is 1290. The van der Waals surface area contributed by atoms with Crippen molar-refractivity contribution in [3.63, 3.8) is 0 Å². The van der Waals surface area contributed by atoms with Gasteiger partial charge in [0, 0.05) is 73.5 Å². The van der Waals surface area contributed by atoms with Crippen LogP contribution >= 0.6 is 11.3 Å². The van der Waals surface area contributed by atoms with Gasteiger partial charge < -0.3 is 9.47 Å². The first-order valence-corrected chi connectivity index (χ1v) is 24.1. The first-order chi connectivity index (χ1) is 28.1. The molecular formula is C51H96N4O6S. The maximum Gasteiger partial charge on any atom is 0.254 e. The summed E-state index contributed by atoms with van der Waals surface area (Å²) in [6.45, 7) is 50.8. The third-order valence-corrected chi connectivity index (χ3v) is 9.35. The van der Waals surface area contributed by atoms with Crippen LogP contribution in [0.15, 0.2) is 35.0 Å². The van der Waals surface area contributed by atoms with Gasteiger partial charge in [-0.25, -0.2) is 0 Å². The summed E-state index contributed by atoms with van der Waals surface area (Å²) in [7, 11) is 0. The Hall–Kier alpha value is -2.44. The van der Waals surface area contributed by atoms with Crippen molar-refractivity contribution < 1.29 is 28.7 Å². The quantitative estimate of drug-likeness (QED) is 0.238. The van der Waals surface area contributed by atoms with Gasteiger partial charge in [-0.1, -0.05) is 67.5 Å². The second-order valence-electron chi connectivity index (χ2n) is 23.4. The highest BCUT2D eigenvalue weighted by molar-refractivity contribution is 7.07. The van der Waals surface area contributed by atoms with E-state index >= 15 is 0 Å². The van der Waals surface area contributed by atoms with Gasteiger partial charge in [0.2, 0.25) is 11.8 Å². The molecule has 1 aromatic heterocycles. The van der Waals surface area contributed by atoms with E-state index in [-0.39, 0.29) is 29.2 Å². The number of hydrogen-bond donors (Lipinski definition) is 0. The van der Waals surface area contributed by atoms with Crippen LogP contribution in [0.5, 0.6) is 0 Å². The van der Waals surface area contributed by atoms with Gasteiger partial charge in [-0.3, -0.25) is 38.8 Å². The van der Waals surface area contributed by atoms with Gasteiger partial charge in [-0.2, -0.15) is 11.3 Å². The highest BCUT2D eigenvalue weighted by atomic mass is 32.1. The van der Waals surface area contributed by atoms with E-state index in [0.717, 1.165) is 39.5 Å². The molecule has 5 aliphatic rings. The molecule has 5 aliphatic heterocycles. The van der Waals surface area contributed by atoms with E-state index in [1.165, 1.54) is 67.1 Å². The molecule has 362 valence electrons. The van der Waals surface area contributed by atoms with E-state index in [1.807, 2.05) is 64.4 Å². The molecular weight excluding hydrogens is 797 g/mol. The Balaban J connectivity index is 0. The van der Waals surface area contributed by atoms with Crippen molar-refractivity contribution in [1.29, 1.82) is 0 Å². The van der Waals surface area contributed by atoms with Crippen LogP contribution in [0.2, 0.25) is 0 Å². The maximum atomic E-state index is 11.1. The van der Waals surface area contributed by atoms with Crippen LogP contribution in [0.25, 0.3) is 0 Å². The molecule has 4 saturated heterocycles. The first kappa shape index (κ1) is 61.6. The third-order valence-electron chi connectivity index (χ3n) is 8.72. The van der Waals surface area contributed by atoms with E-state index in [2.05, 4.69) is 107 Å². The number of morpholine rings is 1. The van der Waals surface area contributed by atoms with Gasteiger partial charge in [0.25, 0.3) is 11.8 Å². The van der Waals surface area contributed by atoms with Gasteiger partial charge in [0.05, 0.1) is 13.2 Å². The van der Waals surface area contributed by atoms with Crippen LogP contribution in [-0.2, 0) is 28.7 Å². The lowest BCUT2D eigenvalue weighted by Gasteiger charge is -2.38. The molecule has 0 bridgehead atoms. The summed E-state index contributed by atoms with van der Waals surface area (Å²) in [5.41, 5.74) is 0.989. The number of nitrogens with zero attached hydrogens (tertiary/aromatic N) is 4. The van der Waals surface area contributed by atoms with Crippen molar-refractivity contribution in [3.8, 4) is 0 Å². The van der Waals surface area contributed by atoms with Crippen molar-refractivity contribution in [3.05, 3.63) is 35.0 Å². The zero-order chi connectivity index (χ0) is 48.6. The minimum absolute atomic E-state index is 0.0394. The summed E-state index contributed by atoms with van der Waals surface area (Å²) in [6.07, 6.45) is 10.1. The number of thiophene rings is 1. The first-order valence-electron chi connectivity index (χ1n) is 23.1. The Labute approximate surface area is 385 Å². The number of amides is 4. The lowest BCUT2D eigenvalue weighted by molar-refractivity contribution is -0.144. The minimum Gasteiger partial charge on any atom is -0.381 e. The lowest BCUT2D eigenvalue weighted by Crippen LogP contribution is -2.47. The largest absolute Gasteiger partial charge is 0.381 e. The Kier molecular flexibility index (Phi) is 29.0. The second kappa shape index (κ2) is 29.2. The number of rotatable bonds is 0. The standard InChI is InChI=1S/C8H13NO2.C8H11NO2.C8H17NO.C8H17N.C5H10O.2C5H12.C4H4S/c2*1-8(2,3)9-6(10)4-5-7(9)11;1-8(2,3)9-4-6-10-7-5-9;1-8(2,3)9-6-4-5-7-9;1-2-4-6-5-3-1;2*1-5(2,3)4;1-2-4-5-3-1/h4-5H2,1-3H3;4-5H,1-3H3;4-7H2,1-3H3;4-7H2,1-3H3;1-5H2;2*1-4H3;1-4H. The molecule has 0 atom stereocenters. The zero-order valence-corrected chi connectivity index (χ0v) is 44.5. The summed E-state index contributed by atoms with van der Waals surface area (Å²) in [5, 5.41) is 4.08. The monoisotopic (exact) mass is 893 g/mol. The Morgan fingerprint density at radius 1 is 0.419 bits per heavy atom. The van der Waals surface area contributed by atoms with Crippen LogP contribution in [0.3, 0.4) is 0 Å². The van der Waals surface area contributed by atoms with Crippen LogP contribution in [0.4, 0.5) is 0 Å². The SMILES string of the molecule is C1CCOCC1.CC(C)(C)C.CC(C)(C)C.CC(C)(C)N1C(=O)C=CC1=O.CC(C)(C)N1C(=O)CCC1=O.CC(C)(C)N1CCCC1.CC(C)(C)N1CCOCC1.c1ccsc1. The van der Waals surface area contributed by atoms with Crippen LogP contribution in [0.1, 0.15) is 183 Å². The molecule has 0 aromatic carbocycles. The lowest BCUT2D eigenvalue weighted by atomic mass is 10.0. The molecule has 4 fully saturated rings. The van der Waals surface area contributed by atoms with Crippen molar-refractivity contribution >= 4 is 35.0 Å². The highest BCUT2D eigenvalue weighted by Gasteiger charge is 2.37. The summed E-state index contributed by atoms with van der Waals surface area (Å²) < 4.78 is 10.3. The molecule has 1 aromatic rings. The molecule has 6 rings (SSSR count). The number of ether oxygens (including phenoxy) is 2. The molecule has 0 radical (unpaired) electrons. The van der Waals surface area contributed by atoms with Gasteiger partial charge in [-0.05, 0) is 150 Å². The molecule has 0 N–H and O–H groups in total. The smallest absolute Gasteiger partial charge is 0.254 e. The molecule has 4 amide bonds. The third kappa shape index (κ3) is 34.0. The Morgan fingerprint density at radius 3 is 0.919 bits per heavy atom. The van der Waals surface area contributed by atoms with Crippen LogP contribution in [-0.4, -0.2) is 118 Å². The maximum absolute atomic E-state index is 11.1. The fraction of sp³-hybridized carbons (Fsp3) is 0.804. The predicted molar refractivity (Wildman–Crippen MR) is 264 cm³/mol. The average molecular weight is 893 g/mol. The molecule has 10 nitrogen and oxygen atoms in total. The number of imide groups is 2. The summed E-state index contributed by atoms with van der Waals surface area (Å²) in [4.78, 5) is 52.0. The second-order valence-corrected chi connectivity index (χ2v) is 24.2. The van der Waals surface area contributed by atoms with E-state index in [9.17, 15) is 19.2 Å². The van der Waals surface area contributed by atoms with Crippen LogP contribution in [0, 0.1) is 10.8 Å². The molecule has 11 heteroatoms. The normalized spacial score (nSPS) is 18.7. The molecule has 0 saturated carbocycles. The summed E-state index contributed by atoms with van der Waals surface area (Å²) >= 11 is 1.71. The number of likely N-dealkylation sites (tertiary alicyclic amines) is 2. The van der Waals surface area contributed by atoms with Gasteiger partial charge >= 0.3 is 0 Å². The average Bonchev–Trinajstić information content (AvgIpc) is 3.95. The molecule has 62 heavy (non-hydrogen) atoms. The molecule has 0 aliphatic carbocycles. The number of carbonyl (C=O) groups is 4. The van der Waals surface area contributed by atoms with Crippen molar-refractivity contribution in [2.75, 3.05) is 52.6 Å². The van der Waals surface area contributed by atoms with Crippen molar-refractivity contribution in [1.82, 2.24) is 19.6 Å². The summed E-state index contributed by atoms with van der Waals surface area (Å²) in [6, 6.07) is 4.04. The van der Waals surface area contributed by atoms with Crippen LogP contribution < -0.4 is 0 Å². The highest BCUT2D eigenvalue weighted by Crippen LogP contribution is 2.23. The number of hydrogen-bond acceptors (Lipinski definition) is 9. The minimum atomic E-state index is -0.405. The predicted octanol–water partition coefficient (Wildman–Crippen LogP) is 11.7. The van der Waals surface area contributed by atoms with E-state index < -0.39 is 5.54 Å². The van der Waals surface area contributed by atoms with E-state index in [1.54, 1.807) is 11.3 Å².